The van der Waals surface area contributed by atoms with Crippen molar-refractivity contribution in [2.24, 2.45) is 0 Å². The van der Waals surface area contributed by atoms with E-state index in [4.69, 9.17) is 4.74 Å². The van der Waals surface area contributed by atoms with Gasteiger partial charge in [-0.1, -0.05) is 0 Å². The lowest BCUT2D eigenvalue weighted by Crippen LogP contribution is -2.17. The minimum absolute atomic E-state index is 0.0450. The van der Waals surface area contributed by atoms with Crippen LogP contribution in [-0.2, 0) is 4.74 Å². The van der Waals surface area contributed by atoms with Crippen molar-refractivity contribution < 1.29 is 4.74 Å². The number of rotatable bonds is 1. The summed E-state index contributed by atoms with van der Waals surface area (Å²) < 4.78 is 5.45. The highest BCUT2D eigenvalue weighted by Gasteiger charge is 2.09. The number of ether oxygens (including phenoxy) is 1. The predicted molar refractivity (Wildman–Crippen MR) is 40.3 cm³/mol. The molecule has 1 nitrogen and oxygen atoms in total. The van der Waals surface area contributed by atoms with E-state index in [2.05, 4.69) is 0 Å². The molecule has 0 aromatic rings. The summed E-state index contributed by atoms with van der Waals surface area (Å²) in [5.41, 5.74) is -0.0450. The molecular formula is C8H16O. The molecule has 54 valence electrons. The standard InChI is InChI=1S/C8H16O/c1-6-7(2)9-8(3,4)5/h6H,1-5H3/b7-6+. The Kier molecular flexibility index (Phi) is 2.75. The van der Waals surface area contributed by atoms with Gasteiger partial charge in [-0.15, -0.1) is 0 Å². The molecule has 0 aliphatic heterocycles. The van der Waals surface area contributed by atoms with Gasteiger partial charge in [0.1, 0.15) is 5.60 Å². The van der Waals surface area contributed by atoms with Crippen molar-refractivity contribution in [2.75, 3.05) is 0 Å². The SMILES string of the molecule is C/C=C(\C)OC(C)(C)C. The molecule has 0 saturated heterocycles. The summed E-state index contributed by atoms with van der Waals surface area (Å²) in [6.45, 7) is 10.1. The molecule has 1 heteroatoms. The monoisotopic (exact) mass is 128 g/mol. The lowest BCUT2D eigenvalue weighted by atomic mass is 10.2. The third kappa shape index (κ3) is 5.41. The number of hydrogen-bond acceptors (Lipinski definition) is 1. The second-order valence-electron chi connectivity index (χ2n) is 3.11. The zero-order chi connectivity index (χ0) is 7.49. The van der Waals surface area contributed by atoms with E-state index >= 15 is 0 Å². The molecule has 0 radical (unpaired) electrons. The molecule has 0 aliphatic rings. The summed E-state index contributed by atoms with van der Waals surface area (Å²) in [4.78, 5) is 0. The Morgan fingerprint density at radius 2 is 1.78 bits per heavy atom. The Morgan fingerprint density at radius 3 is 1.89 bits per heavy atom. The van der Waals surface area contributed by atoms with Gasteiger partial charge in [0.2, 0.25) is 0 Å². The Labute approximate surface area is 57.7 Å². The van der Waals surface area contributed by atoms with Gasteiger partial charge in [-0.2, -0.15) is 0 Å². The molecule has 0 heterocycles. The van der Waals surface area contributed by atoms with Crippen molar-refractivity contribution in [1.29, 1.82) is 0 Å². The molecule has 0 aromatic carbocycles. The molecule has 0 N–H and O–H groups in total. The van der Waals surface area contributed by atoms with Crippen LogP contribution in [0, 0.1) is 0 Å². The molecule has 0 amide bonds. The molecular weight excluding hydrogens is 112 g/mol. The number of allylic oxidation sites excluding steroid dienone is 2. The Bertz CT molecular complexity index is 106. The largest absolute Gasteiger partial charge is 0.493 e. The molecule has 0 aliphatic carbocycles. The van der Waals surface area contributed by atoms with Crippen LogP contribution in [0.4, 0.5) is 0 Å². The van der Waals surface area contributed by atoms with Gasteiger partial charge in [0.25, 0.3) is 0 Å². The Hall–Kier alpha value is -0.460. The molecule has 0 bridgehead atoms. The van der Waals surface area contributed by atoms with Crippen molar-refractivity contribution in [3.63, 3.8) is 0 Å². The molecule has 0 unspecified atom stereocenters. The second kappa shape index (κ2) is 2.90. The van der Waals surface area contributed by atoms with Gasteiger partial charge in [0.15, 0.2) is 0 Å². The van der Waals surface area contributed by atoms with E-state index in [1.807, 2.05) is 40.7 Å². The fourth-order valence-corrected chi connectivity index (χ4v) is 0.542. The van der Waals surface area contributed by atoms with E-state index in [1.165, 1.54) is 0 Å². The maximum absolute atomic E-state index is 5.45. The number of hydrogen-bond donors (Lipinski definition) is 0. The Balaban J connectivity index is 3.75. The van der Waals surface area contributed by atoms with Crippen LogP contribution in [0.1, 0.15) is 34.6 Å². The van der Waals surface area contributed by atoms with Crippen LogP contribution in [0.2, 0.25) is 0 Å². The van der Waals surface area contributed by atoms with Gasteiger partial charge < -0.3 is 4.74 Å². The van der Waals surface area contributed by atoms with Crippen molar-refractivity contribution in [1.82, 2.24) is 0 Å². The first-order valence-electron chi connectivity index (χ1n) is 3.27. The third-order valence-corrected chi connectivity index (χ3v) is 0.874. The van der Waals surface area contributed by atoms with E-state index in [0.717, 1.165) is 5.76 Å². The van der Waals surface area contributed by atoms with E-state index in [9.17, 15) is 0 Å². The highest BCUT2D eigenvalue weighted by atomic mass is 16.5. The average molecular weight is 128 g/mol. The van der Waals surface area contributed by atoms with Crippen molar-refractivity contribution in [3.05, 3.63) is 11.8 Å². The first-order valence-corrected chi connectivity index (χ1v) is 3.27. The minimum atomic E-state index is -0.0450. The quantitative estimate of drug-likeness (QED) is 0.493. The zero-order valence-corrected chi connectivity index (χ0v) is 6.99. The fraction of sp³-hybridized carbons (Fsp3) is 0.750. The van der Waals surface area contributed by atoms with Crippen molar-refractivity contribution >= 4 is 0 Å². The zero-order valence-electron chi connectivity index (χ0n) is 6.99. The van der Waals surface area contributed by atoms with Crippen LogP contribution in [0.3, 0.4) is 0 Å². The van der Waals surface area contributed by atoms with Crippen LogP contribution < -0.4 is 0 Å². The summed E-state index contributed by atoms with van der Waals surface area (Å²) in [7, 11) is 0. The lowest BCUT2D eigenvalue weighted by molar-refractivity contribution is 0.0531. The van der Waals surface area contributed by atoms with E-state index in [-0.39, 0.29) is 5.60 Å². The summed E-state index contributed by atoms with van der Waals surface area (Å²) in [6.07, 6.45) is 1.96. The van der Waals surface area contributed by atoms with Gasteiger partial charge >= 0.3 is 0 Å². The predicted octanol–water partition coefficient (Wildman–Crippen LogP) is 2.73. The smallest absolute Gasteiger partial charge is 0.100 e. The second-order valence-corrected chi connectivity index (χ2v) is 3.11. The molecule has 0 rings (SSSR count). The van der Waals surface area contributed by atoms with Gasteiger partial charge in [-0.05, 0) is 40.7 Å². The minimum Gasteiger partial charge on any atom is -0.493 e. The van der Waals surface area contributed by atoms with Gasteiger partial charge in [-0.25, -0.2) is 0 Å². The molecule has 0 spiro atoms. The Morgan fingerprint density at radius 1 is 1.33 bits per heavy atom. The van der Waals surface area contributed by atoms with Gasteiger partial charge in [0, 0.05) is 0 Å². The van der Waals surface area contributed by atoms with Crippen LogP contribution in [0.15, 0.2) is 11.8 Å². The van der Waals surface area contributed by atoms with Gasteiger partial charge in [-0.3, -0.25) is 0 Å². The molecule has 0 atom stereocenters. The van der Waals surface area contributed by atoms with Crippen LogP contribution in [-0.4, -0.2) is 5.60 Å². The fourth-order valence-electron chi connectivity index (χ4n) is 0.542. The van der Waals surface area contributed by atoms with E-state index < -0.39 is 0 Å². The van der Waals surface area contributed by atoms with Crippen LogP contribution in [0.5, 0.6) is 0 Å². The maximum atomic E-state index is 5.45. The third-order valence-electron chi connectivity index (χ3n) is 0.874. The summed E-state index contributed by atoms with van der Waals surface area (Å²) in [6, 6.07) is 0. The molecule has 0 fully saturated rings. The molecule has 9 heavy (non-hydrogen) atoms. The highest BCUT2D eigenvalue weighted by Crippen LogP contribution is 2.11. The van der Waals surface area contributed by atoms with Gasteiger partial charge in [0.05, 0.1) is 5.76 Å². The van der Waals surface area contributed by atoms with Crippen molar-refractivity contribution in [3.8, 4) is 0 Å². The normalized spacial score (nSPS) is 13.7. The van der Waals surface area contributed by atoms with Crippen LogP contribution >= 0.6 is 0 Å². The molecule has 0 saturated carbocycles. The highest BCUT2D eigenvalue weighted by molar-refractivity contribution is 4.86. The van der Waals surface area contributed by atoms with Crippen LogP contribution in [0.25, 0.3) is 0 Å². The first kappa shape index (κ1) is 8.54. The summed E-state index contributed by atoms with van der Waals surface area (Å²) >= 11 is 0. The topological polar surface area (TPSA) is 9.23 Å². The summed E-state index contributed by atoms with van der Waals surface area (Å²) in [5.74, 6) is 0.988. The van der Waals surface area contributed by atoms with E-state index in [1.54, 1.807) is 0 Å². The van der Waals surface area contributed by atoms with Crippen molar-refractivity contribution in [2.45, 2.75) is 40.2 Å². The maximum Gasteiger partial charge on any atom is 0.100 e. The first-order chi connectivity index (χ1) is 3.95. The average Bonchev–Trinajstić information content (AvgIpc) is 1.62. The summed E-state index contributed by atoms with van der Waals surface area (Å²) in [5, 5.41) is 0. The van der Waals surface area contributed by atoms with E-state index in [0.29, 0.717) is 0 Å². The molecule has 0 aromatic heterocycles. The lowest BCUT2D eigenvalue weighted by Gasteiger charge is -2.21.